The number of aliphatic carboxylic acids is 1. The Morgan fingerprint density at radius 1 is 1.29 bits per heavy atom. The second-order valence-corrected chi connectivity index (χ2v) is 6.16. The highest BCUT2D eigenvalue weighted by Crippen LogP contribution is 2.48. The first-order valence-corrected chi connectivity index (χ1v) is 7.35. The summed E-state index contributed by atoms with van der Waals surface area (Å²) in [5, 5.41) is 17.4. The van der Waals surface area contributed by atoms with Gasteiger partial charge in [-0.05, 0) is 31.1 Å². The van der Waals surface area contributed by atoms with Crippen LogP contribution in [0.25, 0.3) is 0 Å². The minimum atomic E-state index is -0.828. The van der Waals surface area contributed by atoms with E-state index in [9.17, 15) is 19.5 Å². The maximum Gasteiger partial charge on any atom is 0.308 e. The number of carbonyl (C=O) groups is 3. The molecule has 2 amide bonds. The summed E-state index contributed by atoms with van der Waals surface area (Å²) < 4.78 is 0. The average molecular weight is 293 g/mol. The molecule has 2 fully saturated rings. The van der Waals surface area contributed by atoms with Crippen LogP contribution in [0.3, 0.4) is 0 Å². The van der Waals surface area contributed by atoms with Gasteiger partial charge in [0.15, 0.2) is 0 Å². The molecular weight excluding hydrogens is 274 g/mol. The standard InChI is InChI=1S/C14H19N3O4/c1-17-10(18)5-4-9(16-17)13(19)15-12-8-3-2-7(6-8)11(12)14(20)21/h7-8,11-12H,2-6H2,1H3,(H,15,19)(H,20,21). The highest BCUT2D eigenvalue weighted by molar-refractivity contribution is 6.39. The second-order valence-electron chi connectivity index (χ2n) is 6.16. The van der Waals surface area contributed by atoms with E-state index in [0.717, 1.165) is 19.3 Å². The van der Waals surface area contributed by atoms with Crippen LogP contribution in [0.2, 0.25) is 0 Å². The number of hydrogen-bond acceptors (Lipinski definition) is 4. The summed E-state index contributed by atoms with van der Waals surface area (Å²) >= 11 is 0. The van der Waals surface area contributed by atoms with Crippen LogP contribution in [0.15, 0.2) is 5.10 Å². The van der Waals surface area contributed by atoms with Crippen LogP contribution in [0, 0.1) is 17.8 Å². The summed E-state index contributed by atoms with van der Waals surface area (Å²) in [6, 6.07) is -0.306. The number of carboxylic acids is 1. The van der Waals surface area contributed by atoms with E-state index < -0.39 is 11.9 Å². The van der Waals surface area contributed by atoms with Crippen molar-refractivity contribution in [2.24, 2.45) is 22.9 Å². The van der Waals surface area contributed by atoms with Crippen LogP contribution in [-0.2, 0) is 14.4 Å². The van der Waals surface area contributed by atoms with Gasteiger partial charge in [0.05, 0.1) is 5.92 Å². The van der Waals surface area contributed by atoms with Gasteiger partial charge in [0.2, 0.25) is 5.91 Å². The quantitative estimate of drug-likeness (QED) is 0.777. The molecule has 0 saturated heterocycles. The van der Waals surface area contributed by atoms with Crippen molar-refractivity contribution in [2.75, 3.05) is 7.05 Å². The lowest BCUT2D eigenvalue weighted by atomic mass is 9.84. The molecule has 1 heterocycles. The van der Waals surface area contributed by atoms with Crippen molar-refractivity contribution in [1.82, 2.24) is 10.3 Å². The van der Waals surface area contributed by atoms with Gasteiger partial charge in [-0.25, -0.2) is 5.01 Å². The van der Waals surface area contributed by atoms with Gasteiger partial charge in [-0.3, -0.25) is 14.4 Å². The van der Waals surface area contributed by atoms with E-state index in [4.69, 9.17) is 0 Å². The molecule has 2 aliphatic carbocycles. The molecule has 2 N–H and O–H groups in total. The number of fused-ring (bicyclic) bond motifs is 2. The zero-order chi connectivity index (χ0) is 15.1. The smallest absolute Gasteiger partial charge is 0.308 e. The molecule has 0 aromatic heterocycles. The van der Waals surface area contributed by atoms with Gasteiger partial charge < -0.3 is 10.4 Å². The second kappa shape index (κ2) is 5.13. The number of carbonyl (C=O) groups excluding carboxylic acids is 2. The van der Waals surface area contributed by atoms with Crippen LogP contribution in [0.1, 0.15) is 32.1 Å². The molecule has 4 atom stereocenters. The Bertz CT molecular complexity index is 530. The summed E-state index contributed by atoms with van der Waals surface area (Å²) in [7, 11) is 1.52. The van der Waals surface area contributed by atoms with Crippen molar-refractivity contribution in [2.45, 2.75) is 38.1 Å². The summed E-state index contributed by atoms with van der Waals surface area (Å²) in [6.07, 6.45) is 3.37. The van der Waals surface area contributed by atoms with Crippen molar-refractivity contribution < 1.29 is 19.5 Å². The van der Waals surface area contributed by atoms with Gasteiger partial charge in [0.25, 0.3) is 5.91 Å². The van der Waals surface area contributed by atoms with Crippen LogP contribution in [0.5, 0.6) is 0 Å². The number of amides is 2. The van der Waals surface area contributed by atoms with E-state index in [1.54, 1.807) is 0 Å². The summed E-state index contributed by atoms with van der Waals surface area (Å²) in [4.78, 5) is 35.1. The number of hydrazone groups is 1. The monoisotopic (exact) mass is 293 g/mol. The first-order chi connectivity index (χ1) is 9.97. The molecule has 0 aromatic carbocycles. The Morgan fingerprint density at radius 2 is 2.00 bits per heavy atom. The maximum atomic E-state index is 12.3. The third-order valence-electron chi connectivity index (χ3n) is 4.97. The Kier molecular flexibility index (Phi) is 3.43. The van der Waals surface area contributed by atoms with E-state index in [0.29, 0.717) is 12.1 Å². The van der Waals surface area contributed by atoms with Gasteiger partial charge in [-0.1, -0.05) is 0 Å². The molecule has 3 aliphatic rings. The molecule has 0 aromatic rings. The van der Waals surface area contributed by atoms with Gasteiger partial charge in [-0.15, -0.1) is 0 Å². The number of nitrogens with one attached hydrogen (secondary N) is 1. The molecule has 4 unspecified atom stereocenters. The number of nitrogens with zero attached hydrogens (tertiary/aromatic N) is 2. The van der Waals surface area contributed by atoms with Crippen LogP contribution in [-0.4, -0.2) is 46.7 Å². The SMILES string of the molecule is CN1N=C(C(=O)NC2C3CCC(C3)C2C(=O)O)CCC1=O. The number of carboxylic acid groups (broad SMARTS) is 1. The summed E-state index contributed by atoms with van der Waals surface area (Å²) in [5.41, 5.74) is 0.309. The molecule has 2 saturated carbocycles. The van der Waals surface area contributed by atoms with Crippen molar-refractivity contribution in [1.29, 1.82) is 0 Å². The fourth-order valence-corrected chi connectivity index (χ4v) is 3.92. The van der Waals surface area contributed by atoms with Crippen molar-refractivity contribution >= 4 is 23.5 Å². The topological polar surface area (TPSA) is 99.1 Å². The first-order valence-electron chi connectivity index (χ1n) is 7.35. The molecule has 0 radical (unpaired) electrons. The fraction of sp³-hybridized carbons (Fsp3) is 0.714. The van der Waals surface area contributed by atoms with Crippen LogP contribution >= 0.6 is 0 Å². The predicted octanol–water partition coefficient (Wildman–Crippen LogP) is 0.210. The lowest BCUT2D eigenvalue weighted by Crippen LogP contribution is -2.49. The van der Waals surface area contributed by atoms with Crippen LogP contribution < -0.4 is 5.32 Å². The molecule has 3 rings (SSSR count). The minimum absolute atomic E-state index is 0.116. The van der Waals surface area contributed by atoms with Crippen molar-refractivity contribution in [3.8, 4) is 0 Å². The normalized spacial score (nSPS) is 34.8. The lowest BCUT2D eigenvalue weighted by Gasteiger charge is -2.29. The fourth-order valence-electron chi connectivity index (χ4n) is 3.92. The third kappa shape index (κ3) is 2.41. The summed E-state index contributed by atoms with van der Waals surface area (Å²) in [5.74, 6) is -1.34. The predicted molar refractivity (Wildman–Crippen MR) is 73.3 cm³/mol. The average Bonchev–Trinajstić information content (AvgIpc) is 3.02. The lowest BCUT2D eigenvalue weighted by molar-refractivity contribution is -0.144. The van der Waals surface area contributed by atoms with E-state index in [-0.39, 0.29) is 36.1 Å². The molecule has 21 heavy (non-hydrogen) atoms. The van der Waals surface area contributed by atoms with Crippen molar-refractivity contribution in [3.63, 3.8) is 0 Å². The van der Waals surface area contributed by atoms with E-state index in [2.05, 4.69) is 10.4 Å². The van der Waals surface area contributed by atoms with E-state index >= 15 is 0 Å². The van der Waals surface area contributed by atoms with Gasteiger partial charge in [0, 0.05) is 25.9 Å². The van der Waals surface area contributed by atoms with Crippen LogP contribution in [0.4, 0.5) is 0 Å². The number of hydrogen-bond donors (Lipinski definition) is 2. The molecule has 0 spiro atoms. The largest absolute Gasteiger partial charge is 0.481 e. The molecule has 114 valence electrons. The zero-order valence-corrected chi connectivity index (χ0v) is 11.9. The Labute approximate surface area is 122 Å². The van der Waals surface area contributed by atoms with Crippen molar-refractivity contribution in [3.05, 3.63) is 0 Å². The van der Waals surface area contributed by atoms with E-state index in [1.165, 1.54) is 12.1 Å². The molecule has 1 aliphatic heterocycles. The van der Waals surface area contributed by atoms with Gasteiger partial charge in [0.1, 0.15) is 5.71 Å². The van der Waals surface area contributed by atoms with Gasteiger partial charge >= 0.3 is 5.97 Å². The molecule has 7 nitrogen and oxygen atoms in total. The highest BCUT2D eigenvalue weighted by atomic mass is 16.4. The van der Waals surface area contributed by atoms with Gasteiger partial charge in [-0.2, -0.15) is 5.10 Å². The minimum Gasteiger partial charge on any atom is -0.481 e. The first kappa shape index (κ1) is 14.0. The third-order valence-corrected chi connectivity index (χ3v) is 4.97. The molecule has 7 heteroatoms. The highest BCUT2D eigenvalue weighted by Gasteiger charge is 2.51. The van der Waals surface area contributed by atoms with E-state index in [1.807, 2.05) is 0 Å². The Hall–Kier alpha value is -1.92. The Morgan fingerprint density at radius 3 is 2.67 bits per heavy atom. The summed E-state index contributed by atoms with van der Waals surface area (Å²) in [6.45, 7) is 0. The number of rotatable bonds is 3. The Balaban J connectivity index is 1.71. The zero-order valence-electron chi connectivity index (χ0n) is 11.9. The molecule has 2 bridgehead atoms. The maximum absolute atomic E-state index is 12.3. The molecular formula is C14H19N3O4.